The highest BCUT2D eigenvalue weighted by molar-refractivity contribution is 7.93. The fraction of sp³-hybridized carbons (Fsp3) is 0.391. The largest absolute Gasteiger partial charge is 0.493 e. The number of carbonyl (C=O) groups excluding carboxylic acids is 2. The summed E-state index contributed by atoms with van der Waals surface area (Å²) in [6.45, 7) is 2.11. The second-order valence-electron chi connectivity index (χ2n) is 7.91. The van der Waals surface area contributed by atoms with Crippen LogP contribution in [-0.4, -0.2) is 61.1 Å². The van der Waals surface area contributed by atoms with Gasteiger partial charge in [0.1, 0.15) is 11.9 Å². The minimum atomic E-state index is -4.12. The van der Waals surface area contributed by atoms with Crippen molar-refractivity contribution in [3.8, 4) is 5.75 Å². The van der Waals surface area contributed by atoms with E-state index in [1.165, 1.54) is 29.7 Å². The summed E-state index contributed by atoms with van der Waals surface area (Å²) in [6.07, 6.45) is -1.32. The van der Waals surface area contributed by atoms with Crippen LogP contribution in [0.15, 0.2) is 53.4 Å². The molecule has 1 amide bonds. The molecule has 0 saturated carbocycles. The lowest BCUT2D eigenvalue weighted by Gasteiger charge is -2.34. The third-order valence-corrected chi connectivity index (χ3v) is 8.28. The first-order chi connectivity index (χ1) is 15.7. The SMILES string of the molecule is Cc1ccc(C(=O)C(O)CCOc2ccc(S(=O)(=O)C3(C(=O)NO)CCOCC3)cc2)cc1. The molecule has 1 aliphatic heterocycles. The van der Waals surface area contributed by atoms with Crippen molar-refractivity contribution in [1.82, 2.24) is 5.48 Å². The van der Waals surface area contributed by atoms with Crippen LogP contribution in [0.2, 0.25) is 0 Å². The number of aryl methyl sites for hydroxylation is 1. The normalized spacial score (nSPS) is 16.6. The van der Waals surface area contributed by atoms with Crippen LogP contribution in [0.1, 0.15) is 35.2 Å². The van der Waals surface area contributed by atoms with E-state index in [0.29, 0.717) is 11.3 Å². The Balaban J connectivity index is 1.63. The van der Waals surface area contributed by atoms with Crippen molar-refractivity contribution in [1.29, 1.82) is 0 Å². The lowest BCUT2D eigenvalue weighted by molar-refractivity contribution is -0.134. The molecule has 1 fully saturated rings. The quantitative estimate of drug-likeness (QED) is 0.282. The van der Waals surface area contributed by atoms with E-state index >= 15 is 0 Å². The summed E-state index contributed by atoms with van der Waals surface area (Å²) >= 11 is 0. The number of sulfone groups is 1. The van der Waals surface area contributed by atoms with Gasteiger partial charge in [-0.3, -0.25) is 14.8 Å². The van der Waals surface area contributed by atoms with E-state index in [9.17, 15) is 23.1 Å². The fourth-order valence-electron chi connectivity index (χ4n) is 3.69. The van der Waals surface area contributed by atoms with Crippen molar-refractivity contribution < 1.29 is 37.8 Å². The molecule has 33 heavy (non-hydrogen) atoms. The highest BCUT2D eigenvalue weighted by Crippen LogP contribution is 2.35. The first-order valence-electron chi connectivity index (χ1n) is 10.5. The molecule has 1 atom stereocenters. The van der Waals surface area contributed by atoms with E-state index in [-0.39, 0.29) is 44.0 Å². The van der Waals surface area contributed by atoms with Crippen LogP contribution in [-0.2, 0) is 19.4 Å². The van der Waals surface area contributed by atoms with E-state index in [1.807, 2.05) is 6.92 Å². The third kappa shape index (κ3) is 5.25. The molecular weight excluding hydrogens is 450 g/mol. The summed E-state index contributed by atoms with van der Waals surface area (Å²) in [6, 6.07) is 12.4. The molecule has 9 nitrogen and oxygen atoms in total. The van der Waals surface area contributed by atoms with Crippen molar-refractivity contribution in [3.63, 3.8) is 0 Å². The van der Waals surface area contributed by atoms with E-state index < -0.39 is 32.4 Å². The number of hydrogen-bond donors (Lipinski definition) is 3. The number of Topliss-reactive ketones (excluding diaryl/α,β-unsaturated/α-hetero) is 1. The summed E-state index contributed by atoms with van der Waals surface area (Å²) in [5, 5.41) is 19.2. The number of aliphatic hydroxyl groups excluding tert-OH is 1. The second kappa shape index (κ2) is 10.4. The number of benzene rings is 2. The zero-order valence-corrected chi connectivity index (χ0v) is 19.0. The molecule has 0 bridgehead atoms. The van der Waals surface area contributed by atoms with Crippen LogP contribution in [0.4, 0.5) is 0 Å². The zero-order valence-electron chi connectivity index (χ0n) is 18.2. The van der Waals surface area contributed by atoms with Gasteiger partial charge in [0.2, 0.25) is 0 Å². The molecule has 0 aromatic heterocycles. The Morgan fingerprint density at radius 1 is 1.09 bits per heavy atom. The molecule has 3 rings (SSSR count). The van der Waals surface area contributed by atoms with E-state index in [1.54, 1.807) is 24.3 Å². The standard InChI is InChI=1S/C23H27NO8S/c1-16-2-4-17(5-3-16)21(26)20(25)10-13-32-18-6-8-19(9-7-18)33(29,30)23(22(27)24-28)11-14-31-15-12-23/h2-9,20,25,28H,10-15H2,1H3,(H,24,27). The van der Waals surface area contributed by atoms with Gasteiger partial charge in [0, 0.05) is 25.2 Å². The number of aliphatic hydroxyl groups is 1. The van der Waals surface area contributed by atoms with Crippen LogP contribution < -0.4 is 10.2 Å². The highest BCUT2D eigenvalue weighted by atomic mass is 32.2. The van der Waals surface area contributed by atoms with Gasteiger partial charge in [0.05, 0.1) is 11.5 Å². The topological polar surface area (TPSA) is 139 Å². The summed E-state index contributed by atoms with van der Waals surface area (Å²) in [4.78, 5) is 24.5. The molecule has 1 heterocycles. The van der Waals surface area contributed by atoms with Gasteiger partial charge in [0.25, 0.3) is 5.91 Å². The van der Waals surface area contributed by atoms with Gasteiger partial charge < -0.3 is 14.6 Å². The van der Waals surface area contributed by atoms with Crippen molar-refractivity contribution in [2.24, 2.45) is 0 Å². The van der Waals surface area contributed by atoms with E-state index in [4.69, 9.17) is 14.7 Å². The number of ether oxygens (including phenoxy) is 2. The van der Waals surface area contributed by atoms with Crippen LogP contribution >= 0.6 is 0 Å². The van der Waals surface area contributed by atoms with Crippen LogP contribution in [0, 0.1) is 6.92 Å². The van der Waals surface area contributed by atoms with Gasteiger partial charge in [-0.05, 0) is 44.0 Å². The first-order valence-corrected chi connectivity index (χ1v) is 12.0. The van der Waals surface area contributed by atoms with Crippen LogP contribution in [0.5, 0.6) is 5.75 Å². The van der Waals surface area contributed by atoms with Gasteiger partial charge in [-0.15, -0.1) is 0 Å². The lowest BCUT2D eigenvalue weighted by atomic mass is 9.98. The number of ketones is 1. The Kier molecular flexibility index (Phi) is 7.85. The molecule has 1 aliphatic rings. The maximum absolute atomic E-state index is 13.2. The molecule has 2 aromatic rings. The number of nitrogens with one attached hydrogen (secondary N) is 1. The molecule has 0 spiro atoms. The predicted octanol–water partition coefficient (Wildman–Crippen LogP) is 1.84. The monoisotopic (exact) mass is 477 g/mol. The Labute approximate surface area is 192 Å². The number of amides is 1. The number of rotatable bonds is 9. The molecule has 0 radical (unpaired) electrons. The Bertz CT molecular complexity index is 1070. The molecule has 178 valence electrons. The van der Waals surface area contributed by atoms with Crippen molar-refractivity contribution in [2.75, 3.05) is 19.8 Å². The van der Waals surface area contributed by atoms with Gasteiger partial charge in [-0.2, -0.15) is 0 Å². The number of hydroxylamine groups is 1. The Morgan fingerprint density at radius 2 is 1.70 bits per heavy atom. The average Bonchev–Trinajstić information content (AvgIpc) is 2.84. The minimum Gasteiger partial charge on any atom is -0.493 e. The van der Waals surface area contributed by atoms with E-state index in [0.717, 1.165) is 5.56 Å². The Hall–Kier alpha value is -2.79. The summed E-state index contributed by atoms with van der Waals surface area (Å²) in [7, 11) is -4.12. The molecule has 1 unspecified atom stereocenters. The van der Waals surface area contributed by atoms with E-state index in [2.05, 4.69) is 0 Å². The van der Waals surface area contributed by atoms with Gasteiger partial charge in [0.15, 0.2) is 20.4 Å². The maximum Gasteiger partial charge on any atom is 0.265 e. The zero-order chi connectivity index (χ0) is 24.1. The Morgan fingerprint density at radius 3 is 2.27 bits per heavy atom. The molecule has 3 N–H and O–H groups in total. The minimum absolute atomic E-state index is 0.0407. The van der Waals surface area contributed by atoms with Crippen molar-refractivity contribution >= 4 is 21.5 Å². The molecule has 0 aliphatic carbocycles. The van der Waals surface area contributed by atoms with Gasteiger partial charge >= 0.3 is 0 Å². The number of hydrogen-bond acceptors (Lipinski definition) is 8. The van der Waals surface area contributed by atoms with Gasteiger partial charge in [-0.25, -0.2) is 13.9 Å². The molecule has 1 saturated heterocycles. The van der Waals surface area contributed by atoms with Gasteiger partial charge in [-0.1, -0.05) is 29.8 Å². The van der Waals surface area contributed by atoms with Crippen molar-refractivity contribution in [3.05, 3.63) is 59.7 Å². The lowest BCUT2D eigenvalue weighted by Crippen LogP contribution is -2.54. The summed E-state index contributed by atoms with van der Waals surface area (Å²) in [5.41, 5.74) is 2.90. The fourth-order valence-corrected chi connectivity index (χ4v) is 5.63. The third-order valence-electron chi connectivity index (χ3n) is 5.76. The first kappa shape index (κ1) is 24.8. The molecule has 2 aromatic carbocycles. The van der Waals surface area contributed by atoms with Crippen LogP contribution in [0.3, 0.4) is 0 Å². The molecule has 10 heteroatoms. The highest BCUT2D eigenvalue weighted by Gasteiger charge is 2.52. The summed E-state index contributed by atoms with van der Waals surface area (Å²) in [5.74, 6) is -1.04. The summed E-state index contributed by atoms with van der Waals surface area (Å²) < 4.78 is 35.4. The molecular formula is C23H27NO8S. The van der Waals surface area contributed by atoms with Crippen LogP contribution in [0.25, 0.3) is 0 Å². The smallest absolute Gasteiger partial charge is 0.265 e. The average molecular weight is 478 g/mol. The van der Waals surface area contributed by atoms with Crippen molar-refractivity contribution in [2.45, 2.75) is 41.9 Å². The maximum atomic E-state index is 13.2. The predicted molar refractivity (Wildman–Crippen MR) is 118 cm³/mol. The number of carbonyl (C=O) groups is 2. The second-order valence-corrected chi connectivity index (χ2v) is 10.2.